The number of ether oxygens (including phenoxy) is 2. The summed E-state index contributed by atoms with van der Waals surface area (Å²) in [6.07, 6.45) is 0.161. The minimum Gasteiger partial charge on any atom is -0.496 e. The van der Waals surface area contributed by atoms with Crippen molar-refractivity contribution in [2.75, 3.05) is 19.5 Å². The molecule has 5 nitrogen and oxygen atoms in total. The first kappa shape index (κ1) is 18.1. The molecule has 1 N–H and O–H groups in total. The molecule has 2 rings (SSSR count). The van der Waals surface area contributed by atoms with Gasteiger partial charge in [-0.2, -0.15) is 0 Å². The standard InChI is InChI=1S/C17H15Cl2NO4/c1-23-15-9-14(13(19)8-12(15)17(22)24-2)20-16(21)7-10-3-5-11(18)6-4-10/h3-6,8-9H,7H2,1-2H3,(H,20,21). The van der Waals surface area contributed by atoms with Crippen molar-refractivity contribution in [1.29, 1.82) is 0 Å². The summed E-state index contributed by atoms with van der Waals surface area (Å²) in [5.74, 6) is -0.576. The van der Waals surface area contributed by atoms with Gasteiger partial charge in [0.05, 0.1) is 31.4 Å². The van der Waals surface area contributed by atoms with Gasteiger partial charge in [0.15, 0.2) is 0 Å². The Morgan fingerprint density at radius 1 is 1.08 bits per heavy atom. The minimum atomic E-state index is -0.576. The Morgan fingerprint density at radius 2 is 1.75 bits per heavy atom. The molecule has 2 aromatic rings. The smallest absolute Gasteiger partial charge is 0.341 e. The number of methoxy groups -OCH3 is 2. The van der Waals surface area contributed by atoms with Crippen LogP contribution in [-0.4, -0.2) is 26.1 Å². The first-order valence-electron chi connectivity index (χ1n) is 6.94. The van der Waals surface area contributed by atoms with Crippen LogP contribution in [0.5, 0.6) is 5.75 Å². The Morgan fingerprint density at radius 3 is 2.33 bits per heavy atom. The van der Waals surface area contributed by atoms with E-state index in [0.717, 1.165) is 5.56 Å². The van der Waals surface area contributed by atoms with Gasteiger partial charge in [-0.3, -0.25) is 4.79 Å². The van der Waals surface area contributed by atoms with Crippen LogP contribution >= 0.6 is 23.2 Å². The number of anilines is 1. The van der Waals surface area contributed by atoms with Gasteiger partial charge in [0.1, 0.15) is 11.3 Å². The van der Waals surface area contributed by atoms with E-state index in [9.17, 15) is 9.59 Å². The summed E-state index contributed by atoms with van der Waals surface area (Å²) in [5.41, 5.74) is 1.34. The Kier molecular flexibility index (Phi) is 6.06. The van der Waals surface area contributed by atoms with Crippen molar-refractivity contribution in [2.45, 2.75) is 6.42 Å². The topological polar surface area (TPSA) is 64.6 Å². The Bertz CT molecular complexity index is 760. The monoisotopic (exact) mass is 367 g/mol. The van der Waals surface area contributed by atoms with Crippen LogP contribution in [0.15, 0.2) is 36.4 Å². The third kappa shape index (κ3) is 4.40. The van der Waals surface area contributed by atoms with Crippen LogP contribution in [0.4, 0.5) is 5.69 Å². The number of hydrogen-bond donors (Lipinski definition) is 1. The molecular weight excluding hydrogens is 353 g/mol. The molecule has 1 amide bonds. The summed E-state index contributed by atoms with van der Waals surface area (Å²) >= 11 is 11.9. The molecule has 0 aliphatic rings. The molecule has 0 saturated carbocycles. The highest BCUT2D eigenvalue weighted by molar-refractivity contribution is 6.34. The van der Waals surface area contributed by atoms with E-state index in [-0.39, 0.29) is 28.7 Å². The SMILES string of the molecule is COC(=O)c1cc(Cl)c(NC(=O)Cc2ccc(Cl)cc2)cc1OC. The Hall–Kier alpha value is -2.24. The number of carbonyl (C=O) groups is 2. The van der Waals surface area contributed by atoms with Crippen LogP contribution in [0.25, 0.3) is 0 Å². The molecule has 0 aromatic heterocycles. The van der Waals surface area contributed by atoms with Gasteiger partial charge < -0.3 is 14.8 Å². The number of carbonyl (C=O) groups excluding carboxylic acids is 2. The number of halogens is 2. The van der Waals surface area contributed by atoms with Gasteiger partial charge in [-0.05, 0) is 23.8 Å². The molecule has 0 saturated heterocycles. The fraction of sp³-hybridized carbons (Fsp3) is 0.176. The number of hydrogen-bond acceptors (Lipinski definition) is 4. The molecule has 0 unspecified atom stereocenters. The minimum absolute atomic E-state index is 0.161. The lowest BCUT2D eigenvalue weighted by Gasteiger charge is -2.12. The average molecular weight is 368 g/mol. The number of rotatable bonds is 5. The highest BCUT2D eigenvalue weighted by Crippen LogP contribution is 2.31. The number of benzene rings is 2. The molecule has 0 fully saturated rings. The first-order chi connectivity index (χ1) is 11.4. The van der Waals surface area contributed by atoms with Crippen LogP contribution in [0.3, 0.4) is 0 Å². The summed E-state index contributed by atoms with van der Waals surface area (Å²) in [6, 6.07) is 9.84. The van der Waals surface area contributed by atoms with Crippen molar-refractivity contribution >= 4 is 40.8 Å². The molecule has 7 heteroatoms. The lowest BCUT2D eigenvalue weighted by molar-refractivity contribution is -0.115. The zero-order valence-electron chi connectivity index (χ0n) is 13.1. The summed E-state index contributed by atoms with van der Waals surface area (Å²) in [5, 5.41) is 3.51. The van der Waals surface area contributed by atoms with Crippen LogP contribution in [-0.2, 0) is 16.0 Å². The quantitative estimate of drug-likeness (QED) is 0.812. The third-order valence-electron chi connectivity index (χ3n) is 3.25. The van der Waals surface area contributed by atoms with Gasteiger partial charge in [-0.1, -0.05) is 35.3 Å². The zero-order valence-corrected chi connectivity index (χ0v) is 14.6. The fourth-order valence-electron chi connectivity index (χ4n) is 2.07. The Balaban J connectivity index is 2.18. The van der Waals surface area contributed by atoms with Gasteiger partial charge in [-0.15, -0.1) is 0 Å². The van der Waals surface area contributed by atoms with E-state index in [1.54, 1.807) is 24.3 Å². The van der Waals surface area contributed by atoms with Crippen LogP contribution in [0, 0.1) is 0 Å². The molecule has 0 aliphatic carbocycles. The van der Waals surface area contributed by atoms with Crippen LogP contribution in [0.2, 0.25) is 10.0 Å². The highest BCUT2D eigenvalue weighted by atomic mass is 35.5. The van der Waals surface area contributed by atoms with E-state index in [2.05, 4.69) is 10.1 Å². The predicted octanol–water partition coefficient (Wildman–Crippen LogP) is 3.97. The van der Waals surface area contributed by atoms with E-state index in [4.69, 9.17) is 27.9 Å². The van der Waals surface area contributed by atoms with E-state index in [1.165, 1.54) is 26.4 Å². The maximum atomic E-state index is 12.2. The molecule has 126 valence electrons. The third-order valence-corrected chi connectivity index (χ3v) is 3.81. The van der Waals surface area contributed by atoms with Gasteiger partial charge in [0.25, 0.3) is 0 Å². The second-order valence-corrected chi connectivity index (χ2v) is 5.72. The van der Waals surface area contributed by atoms with E-state index >= 15 is 0 Å². The largest absolute Gasteiger partial charge is 0.496 e. The molecular formula is C17H15Cl2NO4. The van der Waals surface area contributed by atoms with E-state index in [1.807, 2.05) is 0 Å². The van der Waals surface area contributed by atoms with Crippen molar-refractivity contribution in [3.63, 3.8) is 0 Å². The Labute approximate surface area is 149 Å². The van der Waals surface area contributed by atoms with Gasteiger partial charge in [-0.25, -0.2) is 4.79 Å². The summed E-state index contributed by atoms with van der Waals surface area (Å²) in [6.45, 7) is 0. The van der Waals surface area contributed by atoms with Crippen LogP contribution in [0.1, 0.15) is 15.9 Å². The predicted molar refractivity (Wildman–Crippen MR) is 93.1 cm³/mol. The van der Waals surface area contributed by atoms with Gasteiger partial charge in [0.2, 0.25) is 5.91 Å². The number of esters is 1. The van der Waals surface area contributed by atoms with Gasteiger partial charge in [0, 0.05) is 11.1 Å². The van der Waals surface area contributed by atoms with E-state index in [0.29, 0.717) is 10.7 Å². The van der Waals surface area contributed by atoms with Crippen LogP contribution < -0.4 is 10.1 Å². The number of nitrogens with one attached hydrogen (secondary N) is 1. The first-order valence-corrected chi connectivity index (χ1v) is 7.70. The second kappa shape index (κ2) is 8.04. The molecule has 2 aromatic carbocycles. The molecule has 24 heavy (non-hydrogen) atoms. The highest BCUT2D eigenvalue weighted by Gasteiger charge is 2.17. The normalized spacial score (nSPS) is 10.2. The molecule has 0 bridgehead atoms. The van der Waals surface area contributed by atoms with Crippen molar-refractivity contribution < 1.29 is 19.1 Å². The maximum absolute atomic E-state index is 12.2. The van der Waals surface area contributed by atoms with Crippen molar-refractivity contribution in [1.82, 2.24) is 0 Å². The van der Waals surface area contributed by atoms with E-state index < -0.39 is 5.97 Å². The maximum Gasteiger partial charge on any atom is 0.341 e. The molecule has 0 atom stereocenters. The lowest BCUT2D eigenvalue weighted by atomic mass is 10.1. The lowest BCUT2D eigenvalue weighted by Crippen LogP contribution is -2.15. The second-order valence-electron chi connectivity index (χ2n) is 4.88. The molecule has 0 aliphatic heterocycles. The molecule has 0 radical (unpaired) electrons. The average Bonchev–Trinajstić information content (AvgIpc) is 2.57. The van der Waals surface area contributed by atoms with Gasteiger partial charge >= 0.3 is 5.97 Å². The fourth-order valence-corrected chi connectivity index (χ4v) is 2.41. The van der Waals surface area contributed by atoms with Crippen molar-refractivity contribution in [3.05, 3.63) is 57.6 Å². The summed E-state index contributed by atoms with van der Waals surface area (Å²) in [4.78, 5) is 23.8. The number of amides is 1. The summed E-state index contributed by atoms with van der Waals surface area (Å²) in [7, 11) is 2.67. The summed E-state index contributed by atoms with van der Waals surface area (Å²) < 4.78 is 9.82. The molecule has 0 heterocycles. The molecule has 0 spiro atoms. The van der Waals surface area contributed by atoms with Crippen molar-refractivity contribution in [2.24, 2.45) is 0 Å². The van der Waals surface area contributed by atoms with Crippen molar-refractivity contribution in [3.8, 4) is 5.75 Å². The zero-order chi connectivity index (χ0) is 17.7.